The maximum Gasteiger partial charge on any atom is 0.244 e. The molecule has 1 amide bonds. The summed E-state index contributed by atoms with van der Waals surface area (Å²) in [4.78, 5) is 12.8. The first-order valence-corrected chi connectivity index (χ1v) is 11.9. The van der Waals surface area contributed by atoms with E-state index in [1.807, 2.05) is 0 Å². The van der Waals surface area contributed by atoms with E-state index >= 15 is 0 Å². The Morgan fingerprint density at radius 3 is 2.48 bits per heavy atom. The van der Waals surface area contributed by atoms with Gasteiger partial charge in [-0.25, -0.2) is 8.42 Å². The van der Waals surface area contributed by atoms with Gasteiger partial charge in [0.25, 0.3) is 0 Å². The minimum atomic E-state index is -3.87. The van der Waals surface area contributed by atoms with E-state index in [2.05, 4.69) is 5.32 Å². The Labute approximate surface area is 192 Å². The molecule has 7 nitrogen and oxygen atoms in total. The lowest BCUT2D eigenvalue weighted by molar-refractivity contribution is -0.126. The van der Waals surface area contributed by atoms with Crippen molar-refractivity contribution in [2.75, 3.05) is 27.3 Å². The monoisotopic (exact) mass is 486 g/mol. The second kappa shape index (κ2) is 10.1. The summed E-state index contributed by atoms with van der Waals surface area (Å²) in [5.41, 5.74) is 0.715. The predicted octanol–water partition coefficient (Wildman–Crippen LogP) is 3.73. The molecule has 1 atom stereocenters. The Hall–Kier alpha value is -2.00. The van der Waals surface area contributed by atoms with E-state index in [1.54, 1.807) is 32.4 Å². The van der Waals surface area contributed by atoms with Crippen molar-refractivity contribution in [1.29, 1.82) is 0 Å². The standard InChI is InChI=1S/C21H24Cl2N2O5S/c1-29-18-6-3-7-19(30-2)16(18)12-24-21(26)14-5-4-10-25(13-14)31(27,28)20-11-15(22)8-9-17(20)23/h3,6-9,11,14H,4-5,10,12-13H2,1-2H3,(H,24,26)/t14-/m0/s1. The first-order chi connectivity index (χ1) is 14.8. The van der Waals surface area contributed by atoms with E-state index in [0.29, 0.717) is 36.4 Å². The minimum Gasteiger partial charge on any atom is -0.496 e. The molecule has 1 aliphatic rings. The molecule has 0 aromatic heterocycles. The van der Waals surface area contributed by atoms with Crippen molar-refractivity contribution < 1.29 is 22.7 Å². The van der Waals surface area contributed by atoms with Gasteiger partial charge in [0, 0.05) is 18.1 Å². The van der Waals surface area contributed by atoms with E-state index in [4.69, 9.17) is 32.7 Å². The number of ether oxygens (including phenoxy) is 2. The molecule has 1 heterocycles. The van der Waals surface area contributed by atoms with E-state index in [0.717, 1.165) is 0 Å². The zero-order valence-corrected chi connectivity index (χ0v) is 19.6. The molecule has 10 heteroatoms. The number of hydrogen-bond donors (Lipinski definition) is 1. The predicted molar refractivity (Wildman–Crippen MR) is 119 cm³/mol. The molecule has 1 N–H and O–H groups in total. The third kappa shape index (κ3) is 5.26. The number of nitrogens with one attached hydrogen (secondary N) is 1. The highest BCUT2D eigenvalue weighted by Crippen LogP contribution is 2.31. The van der Waals surface area contributed by atoms with Gasteiger partial charge in [0.05, 0.1) is 37.3 Å². The molecule has 0 aliphatic carbocycles. The van der Waals surface area contributed by atoms with Crippen molar-refractivity contribution in [1.82, 2.24) is 9.62 Å². The van der Waals surface area contributed by atoms with Crippen LogP contribution in [0.25, 0.3) is 0 Å². The zero-order chi connectivity index (χ0) is 22.6. The van der Waals surface area contributed by atoms with Gasteiger partial charge in [-0.3, -0.25) is 4.79 Å². The number of halogens is 2. The van der Waals surface area contributed by atoms with Crippen LogP contribution in [0.1, 0.15) is 18.4 Å². The number of rotatable bonds is 7. The van der Waals surface area contributed by atoms with Crippen molar-refractivity contribution >= 4 is 39.1 Å². The lowest BCUT2D eigenvalue weighted by Crippen LogP contribution is -2.45. The summed E-state index contributed by atoms with van der Waals surface area (Å²) >= 11 is 12.1. The number of methoxy groups -OCH3 is 2. The fourth-order valence-electron chi connectivity index (χ4n) is 3.61. The third-order valence-corrected chi connectivity index (χ3v) is 7.82. The van der Waals surface area contributed by atoms with Gasteiger partial charge in [0.1, 0.15) is 16.4 Å². The summed E-state index contributed by atoms with van der Waals surface area (Å²) in [5, 5.41) is 3.26. The molecule has 0 radical (unpaired) electrons. The van der Waals surface area contributed by atoms with Gasteiger partial charge >= 0.3 is 0 Å². The number of benzene rings is 2. The maximum atomic E-state index is 13.1. The van der Waals surface area contributed by atoms with Crippen LogP contribution < -0.4 is 14.8 Å². The highest BCUT2D eigenvalue weighted by Gasteiger charge is 2.34. The van der Waals surface area contributed by atoms with Crippen molar-refractivity contribution in [3.63, 3.8) is 0 Å². The van der Waals surface area contributed by atoms with Crippen LogP contribution >= 0.6 is 23.2 Å². The fourth-order valence-corrected chi connectivity index (χ4v) is 5.87. The quantitative estimate of drug-likeness (QED) is 0.644. The van der Waals surface area contributed by atoms with Gasteiger partial charge < -0.3 is 14.8 Å². The molecule has 168 valence electrons. The van der Waals surface area contributed by atoms with Crippen LogP contribution in [-0.2, 0) is 21.4 Å². The molecule has 2 aromatic rings. The lowest BCUT2D eigenvalue weighted by atomic mass is 9.98. The SMILES string of the molecule is COc1cccc(OC)c1CNC(=O)[C@H]1CCCN(S(=O)(=O)c2cc(Cl)ccc2Cl)C1. The minimum absolute atomic E-state index is 0.0542. The fraction of sp³-hybridized carbons (Fsp3) is 0.381. The van der Waals surface area contributed by atoms with Crippen molar-refractivity contribution in [3.8, 4) is 11.5 Å². The first kappa shape index (κ1) is 23.7. The molecular formula is C21H24Cl2N2O5S. The second-order valence-electron chi connectivity index (χ2n) is 7.14. The Bertz CT molecular complexity index is 1040. The van der Waals surface area contributed by atoms with Crippen molar-refractivity contribution in [3.05, 3.63) is 52.0 Å². The summed E-state index contributed by atoms with van der Waals surface area (Å²) in [6, 6.07) is 9.68. The summed E-state index contributed by atoms with van der Waals surface area (Å²) in [5.74, 6) is 0.485. The van der Waals surface area contributed by atoms with Gasteiger partial charge in [0.2, 0.25) is 15.9 Å². The van der Waals surface area contributed by atoms with Gasteiger partial charge in [-0.2, -0.15) is 4.31 Å². The van der Waals surface area contributed by atoms with Crippen LogP contribution in [0.15, 0.2) is 41.3 Å². The summed E-state index contributed by atoms with van der Waals surface area (Å²) in [6.07, 6.45) is 1.15. The number of nitrogens with zero attached hydrogens (tertiary/aromatic N) is 1. The number of carbonyl (C=O) groups is 1. The average Bonchev–Trinajstić information content (AvgIpc) is 2.78. The summed E-state index contributed by atoms with van der Waals surface area (Å²) in [6.45, 7) is 0.588. The van der Waals surface area contributed by atoms with Crippen LogP contribution in [0.5, 0.6) is 11.5 Å². The maximum absolute atomic E-state index is 13.1. The normalized spacial score (nSPS) is 17.2. The smallest absolute Gasteiger partial charge is 0.244 e. The van der Waals surface area contributed by atoms with Gasteiger partial charge in [-0.1, -0.05) is 29.3 Å². The Morgan fingerprint density at radius 2 is 1.84 bits per heavy atom. The first-order valence-electron chi connectivity index (χ1n) is 9.70. The van der Waals surface area contributed by atoms with Gasteiger partial charge in [-0.15, -0.1) is 0 Å². The molecule has 0 saturated carbocycles. The lowest BCUT2D eigenvalue weighted by Gasteiger charge is -2.31. The van der Waals surface area contributed by atoms with E-state index in [1.165, 1.54) is 22.5 Å². The number of amides is 1. The van der Waals surface area contributed by atoms with E-state index in [-0.39, 0.29) is 33.9 Å². The van der Waals surface area contributed by atoms with Crippen LogP contribution in [0.4, 0.5) is 0 Å². The number of sulfonamides is 1. The van der Waals surface area contributed by atoms with Crippen molar-refractivity contribution in [2.24, 2.45) is 5.92 Å². The summed E-state index contributed by atoms with van der Waals surface area (Å²) < 4.78 is 38.2. The van der Waals surface area contributed by atoms with E-state index in [9.17, 15) is 13.2 Å². The topological polar surface area (TPSA) is 84.9 Å². The molecule has 0 bridgehead atoms. The van der Waals surface area contributed by atoms with Crippen LogP contribution in [0.3, 0.4) is 0 Å². The second-order valence-corrected chi connectivity index (χ2v) is 9.89. The number of carbonyl (C=O) groups excluding carboxylic acids is 1. The molecule has 0 unspecified atom stereocenters. The highest BCUT2D eigenvalue weighted by atomic mass is 35.5. The molecule has 31 heavy (non-hydrogen) atoms. The summed E-state index contributed by atoms with van der Waals surface area (Å²) in [7, 11) is -0.780. The molecular weight excluding hydrogens is 463 g/mol. The van der Waals surface area contributed by atoms with Gasteiger partial charge in [-0.05, 0) is 43.2 Å². The number of piperidine rings is 1. The zero-order valence-electron chi connectivity index (χ0n) is 17.2. The molecule has 2 aromatic carbocycles. The van der Waals surface area contributed by atoms with Gasteiger partial charge in [0.15, 0.2) is 0 Å². The molecule has 0 spiro atoms. The third-order valence-electron chi connectivity index (χ3n) is 5.24. The molecule has 3 rings (SSSR count). The Morgan fingerprint density at radius 1 is 1.16 bits per heavy atom. The Kier molecular flexibility index (Phi) is 7.69. The van der Waals surface area contributed by atoms with Crippen molar-refractivity contribution in [2.45, 2.75) is 24.3 Å². The molecule has 1 fully saturated rings. The van der Waals surface area contributed by atoms with Crippen LogP contribution in [0.2, 0.25) is 10.0 Å². The highest BCUT2D eigenvalue weighted by molar-refractivity contribution is 7.89. The van der Waals surface area contributed by atoms with Crippen LogP contribution in [-0.4, -0.2) is 45.9 Å². The Balaban J connectivity index is 1.72. The van der Waals surface area contributed by atoms with Crippen LogP contribution in [0, 0.1) is 5.92 Å². The largest absolute Gasteiger partial charge is 0.496 e. The average molecular weight is 487 g/mol. The van der Waals surface area contributed by atoms with E-state index < -0.39 is 15.9 Å². The molecule has 1 saturated heterocycles. The molecule has 1 aliphatic heterocycles. The number of hydrogen-bond acceptors (Lipinski definition) is 5.